The highest BCUT2D eigenvalue weighted by atomic mass is 35.5. The number of benzene rings is 1. The van der Waals surface area contributed by atoms with Crippen molar-refractivity contribution in [3.63, 3.8) is 0 Å². The van der Waals surface area contributed by atoms with Crippen LogP contribution in [0.4, 0.5) is 0 Å². The van der Waals surface area contributed by atoms with Gasteiger partial charge in [-0.1, -0.05) is 30.3 Å². The molecule has 1 N–H and O–H groups in total. The Morgan fingerprint density at radius 2 is 2.00 bits per heavy atom. The molecule has 120 valence electrons. The number of hydrogen-bond acceptors (Lipinski definition) is 4. The predicted octanol–water partition coefficient (Wildman–Crippen LogP) is 3.62. The molecular weight excluding hydrogens is 308 g/mol. The lowest BCUT2D eigenvalue weighted by molar-refractivity contribution is -0.137. The van der Waals surface area contributed by atoms with E-state index >= 15 is 0 Å². The standard InChI is InChI=1S/C16H19ClO5/c1-2-15(18)21-11-7-3-4-10-14(17)22-13-9-6-5-8-12(13)16(19)20/h2,5-6,8-9,14H,1,3-4,7,10-11H2,(H,19,20). The van der Waals surface area contributed by atoms with Crippen LogP contribution in [0.3, 0.4) is 0 Å². The van der Waals surface area contributed by atoms with Crippen molar-refractivity contribution < 1.29 is 24.2 Å². The lowest BCUT2D eigenvalue weighted by atomic mass is 10.2. The number of rotatable bonds is 10. The molecule has 1 aromatic carbocycles. The van der Waals surface area contributed by atoms with Gasteiger partial charge >= 0.3 is 11.9 Å². The summed E-state index contributed by atoms with van der Waals surface area (Å²) < 4.78 is 10.3. The van der Waals surface area contributed by atoms with Crippen molar-refractivity contribution in [1.82, 2.24) is 0 Å². The van der Waals surface area contributed by atoms with Gasteiger partial charge in [0.2, 0.25) is 0 Å². The van der Waals surface area contributed by atoms with Gasteiger partial charge in [-0.15, -0.1) is 0 Å². The van der Waals surface area contributed by atoms with E-state index in [1.165, 1.54) is 6.07 Å². The first-order valence-electron chi connectivity index (χ1n) is 6.97. The Balaban J connectivity index is 2.27. The zero-order valence-electron chi connectivity index (χ0n) is 12.2. The van der Waals surface area contributed by atoms with Crippen LogP contribution in [0.5, 0.6) is 5.75 Å². The van der Waals surface area contributed by atoms with E-state index in [1.807, 2.05) is 0 Å². The number of ether oxygens (including phenoxy) is 2. The quantitative estimate of drug-likeness (QED) is 0.308. The molecule has 0 saturated carbocycles. The van der Waals surface area contributed by atoms with Crippen molar-refractivity contribution in [3.05, 3.63) is 42.5 Å². The van der Waals surface area contributed by atoms with E-state index < -0.39 is 17.5 Å². The van der Waals surface area contributed by atoms with Crippen molar-refractivity contribution in [2.45, 2.75) is 31.2 Å². The van der Waals surface area contributed by atoms with Gasteiger partial charge in [0.05, 0.1) is 6.61 Å². The third-order valence-corrected chi connectivity index (χ3v) is 3.17. The maximum absolute atomic E-state index is 11.0. The monoisotopic (exact) mass is 326 g/mol. The highest BCUT2D eigenvalue weighted by Gasteiger charge is 2.13. The summed E-state index contributed by atoms with van der Waals surface area (Å²) in [6, 6.07) is 6.37. The fraction of sp³-hybridized carbons (Fsp3) is 0.375. The van der Waals surface area contributed by atoms with Crippen LogP contribution < -0.4 is 4.74 Å². The number of unbranched alkanes of at least 4 members (excludes halogenated alkanes) is 2. The van der Waals surface area contributed by atoms with Gasteiger partial charge in [0.25, 0.3) is 0 Å². The van der Waals surface area contributed by atoms with E-state index in [0.717, 1.165) is 25.3 Å². The lowest BCUT2D eigenvalue weighted by Gasteiger charge is -2.14. The fourth-order valence-electron chi connectivity index (χ4n) is 1.76. The maximum atomic E-state index is 11.0. The van der Waals surface area contributed by atoms with Crippen molar-refractivity contribution >= 4 is 23.5 Å². The Bertz CT molecular complexity index is 515. The molecule has 0 amide bonds. The molecule has 0 aliphatic carbocycles. The largest absolute Gasteiger partial charge is 0.478 e. The summed E-state index contributed by atoms with van der Waals surface area (Å²) in [4.78, 5) is 21.9. The first-order chi connectivity index (χ1) is 10.5. The summed E-state index contributed by atoms with van der Waals surface area (Å²) in [6.07, 6.45) is 4.05. The zero-order valence-corrected chi connectivity index (χ0v) is 12.9. The van der Waals surface area contributed by atoms with Gasteiger partial charge in [0.1, 0.15) is 11.3 Å². The molecule has 0 aliphatic heterocycles. The molecule has 5 nitrogen and oxygen atoms in total. The molecule has 0 fully saturated rings. The molecule has 0 heterocycles. The van der Waals surface area contributed by atoms with Crippen molar-refractivity contribution in [3.8, 4) is 5.75 Å². The SMILES string of the molecule is C=CC(=O)OCCCCCC(Cl)Oc1ccccc1C(=O)O. The molecule has 1 rings (SSSR count). The van der Waals surface area contributed by atoms with Crippen LogP contribution in [-0.2, 0) is 9.53 Å². The Hall–Kier alpha value is -2.01. The summed E-state index contributed by atoms with van der Waals surface area (Å²) >= 11 is 6.06. The van der Waals surface area contributed by atoms with E-state index in [0.29, 0.717) is 13.0 Å². The van der Waals surface area contributed by atoms with Crippen LogP contribution >= 0.6 is 11.6 Å². The zero-order chi connectivity index (χ0) is 16.4. The van der Waals surface area contributed by atoms with E-state index in [4.69, 9.17) is 26.2 Å². The second kappa shape index (κ2) is 9.84. The number of carboxylic acid groups (broad SMARTS) is 1. The number of aromatic carboxylic acids is 1. The molecule has 0 aromatic heterocycles. The van der Waals surface area contributed by atoms with Gasteiger partial charge in [-0.05, 0) is 37.8 Å². The number of alkyl halides is 1. The normalized spacial score (nSPS) is 11.5. The van der Waals surface area contributed by atoms with E-state index in [-0.39, 0.29) is 11.3 Å². The molecule has 0 spiro atoms. The Morgan fingerprint density at radius 1 is 1.27 bits per heavy atom. The number of carbonyl (C=O) groups is 2. The lowest BCUT2D eigenvalue weighted by Crippen LogP contribution is -2.11. The van der Waals surface area contributed by atoms with E-state index in [9.17, 15) is 9.59 Å². The summed E-state index contributed by atoms with van der Waals surface area (Å²) in [5.74, 6) is -1.22. The molecule has 0 aliphatic rings. The minimum absolute atomic E-state index is 0.0875. The molecular formula is C16H19ClO5. The van der Waals surface area contributed by atoms with Crippen molar-refractivity contribution in [2.75, 3.05) is 6.61 Å². The average molecular weight is 327 g/mol. The highest BCUT2D eigenvalue weighted by Crippen LogP contribution is 2.22. The fourth-order valence-corrected chi connectivity index (χ4v) is 2.01. The number of hydrogen-bond donors (Lipinski definition) is 1. The molecule has 0 radical (unpaired) electrons. The summed E-state index contributed by atoms with van der Waals surface area (Å²) in [7, 11) is 0. The van der Waals surface area contributed by atoms with E-state index in [2.05, 4.69) is 6.58 Å². The summed E-state index contributed by atoms with van der Waals surface area (Å²) in [5.41, 5.74) is -0.513. The Labute approximate surface area is 134 Å². The molecule has 0 bridgehead atoms. The molecule has 0 saturated heterocycles. The smallest absolute Gasteiger partial charge is 0.339 e. The van der Waals surface area contributed by atoms with Crippen molar-refractivity contribution in [2.24, 2.45) is 0 Å². The first kappa shape index (κ1) is 18.0. The van der Waals surface area contributed by atoms with Gasteiger partial charge in [-0.2, -0.15) is 0 Å². The topological polar surface area (TPSA) is 72.8 Å². The second-order valence-corrected chi connectivity index (χ2v) is 5.04. The van der Waals surface area contributed by atoms with Crippen LogP contribution in [0, 0.1) is 0 Å². The average Bonchev–Trinajstić information content (AvgIpc) is 2.50. The summed E-state index contributed by atoms with van der Waals surface area (Å²) in [6.45, 7) is 3.66. The maximum Gasteiger partial charge on any atom is 0.339 e. The van der Waals surface area contributed by atoms with Crippen LogP contribution in [0.15, 0.2) is 36.9 Å². The van der Waals surface area contributed by atoms with Crippen LogP contribution in [0.2, 0.25) is 0 Å². The number of esters is 1. The minimum atomic E-state index is -1.05. The molecule has 1 unspecified atom stereocenters. The van der Waals surface area contributed by atoms with Gasteiger partial charge in [-0.3, -0.25) is 0 Å². The van der Waals surface area contributed by atoms with Gasteiger partial charge < -0.3 is 14.6 Å². The number of carboxylic acids is 1. The van der Waals surface area contributed by atoms with Crippen LogP contribution in [0.1, 0.15) is 36.0 Å². The molecule has 1 aromatic rings. The van der Waals surface area contributed by atoms with Crippen LogP contribution in [-0.4, -0.2) is 29.2 Å². The van der Waals surface area contributed by atoms with Gasteiger partial charge in [-0.25, -0.2) is 9.59 Å². The summed E-state index contributed by atoms with van der Waals surface area (Å²) in [5, 5.41) is 9.05. The third-order valence-electron chi connectivity index (χ3n) is 2.86. The number of halogens is 1. The Morgan fingerprint density at radius 3 is 2.68 bits per heavy atom. The van der Waals surface area contributed by atoms with Gasteiger partial charge in [0, 0.05) is 6.08 Å². The number of para-hydroxylation sites is 1. The van der Waals surface area contributed by atoms with Crippen LogP contribution in [0.25, 0.3) is 0 Å². The Kier molecular flexibility index (Phi) is 8.07. The van der Waals surface area contributed by atoms with E-state index in [1.54, 1.807) is 18.2 Å². The predicted molar refractivity (Wildman–Crippen MR) is 83.3 cm³/mol. The highest BCUT2D eigenvalue weighted by molar-refractivity contribution is 6.19. The molecule has 1 atom stereocenters. The van der Waals surface area contributed by atoms with Crippen molar-refractivity contribution in [1.29, 1.82) is 0 Å². The second-order valence-electron chi connectivity index (χ2n) is 4.55. The minimum Gasteiger partial charge on any atom is -0.478 e. The molecule has 22 heavy (non-hydrogen) atoms. The third kappa shape index (κ3) is 6.63. The first-order valence-corrected chi connectivity index (χ1v) is 7.40. The molecule has 6 heteroatoms. The number of carbonyl (C=O) groups excluding carboxylic acids is 1. The van der Waals surface area contributed by atoms with Gasteiger partial charge in [0.15, 0.2) is 5.56 Å².